The molecule has 1 atom stereocenters. The molecule has 0 saturated heterocycles. The van der Waals surface area contributed by atoms with Crippen molar-refractivity contribution in [1.82, 2.24) is 5.32 Å². The van der Waals surface area contributed by atoms with Crippen molar-refractivity contribution < 1.29 is 4.74 Å². The summed E-state index contributed by atoms with van der Waals surface area (Å²) < 4.78 is 6.11. The van der Waals surface area contributed by atoms with E-state index in [-0.39, 0.29) is 11.6 Å². The summed E-state index contributed by atoms with van der Waals surface area (Å²) >= 11 is 5.52. The molecule has 3 nitrogen and oxygen atoms in total. The maximum Gasteiger partial charge on any atom is 0.171 e. The van der Waals surface area contributed by atoms with E-state index < -0.39 is 0 Å². The Morgan fingerprint density at radius 1 is 1.08 bits per heavy atom. The lowest BCUT2D eigenvalue weighted by Gasteiger charge is -2.38. The Labute approximate surface area is 149 Å². The Kier molecular flexibility index (Phi) is 4.50. The molecule has 0 bridgehead atoms. The van der Waals surface area contributed by atoms with E-state index in [9.17, 15) is 0 Å². The minimum atomic E-state index is -0.223. The molecule has 1 aliphatic heterocycles. The van der Waals surface area contributed by atoms with Crippen LogP contribution in [-0.2, 0) is 0 Å². The van der Waals surface area contributed by atoms with Crippen molar-refractivity contribution in [3.8, 4) is 5.75 Å². The van der Waals surface area contributed by atoms with Gasteiger partial charge >= 0.3 is 0 Å². The maximum atomic E-state index is 6.11. The first-order chi connectivity index (χ1) is 11.3. The summed E-state index contributed by atoms with van der Waals surface area (Å²) in [5.41, 5.74) is 4.40. The largest absolute Gasteiger partial charge is 0.487 e. The van der Waals surface area contributed by atoms with Gasteiger partial charge in [0.2, 0.25) is 0 Å². The van der Waals surface area contributed by atoms with Gasteiger partial charge in [-0.05, 0) is 58.1 Å². The van der Waals surface area contributed by atoms with Crippen LogP contribution in [0.3, 0.4) is 0 Å². The number of hydrogen-bond acceptors (Lipinski definition) is 2. The quantitative estimate of drug-likeness (QED) is 0.763. The third-order valence-electron chi connectivity index (χ3n) is 4.24. The number of thiocarbonyl (C=S) groups is 1. The molecule has 0 radical (unpaired) electrons. The van der Waals surface area contributed by atoms with Gasteiger partial charge in [0.05, 0.1) is 6.04 Å². The molecule has 0 unspecified atom stereocenters. The van der Waals surface area contributed by atoms with Gasteiger partial charge in [0.25, 0.3) is 0 Å². The Morgan fingerprint density at radius 2 is 1.75 bits per heavy atom. The number of nitrogens with one attached hydrogen (secondary N) is 2. The molecule has 2 aromatic carbocycles. The summed E-state index contributed by atoms with van der Waals surface area (Å²) in [6.07, 6.45) is 0.860. The van der Waals surface area contributed by atoms with Crippen LogP contribution >= 0.6 is 12.2 Å². The molecule has 2 N–H and O–H groups in total. The summed E-state index contributed by atoms with van der Waals surface area (Å²) in [5, 5.41) is 7.36. The smallest absolute Gasteiger partial charge is 0.171 e. The van der Waals surface area contributed by atoms with Crippen LogP contribution < -0.4 is 15.4 Å². The second-order valence-electron chi connectivity index (χ2n) is 7.12. The molecule has 126 valence electrons. The van der Waals surface area contributed by atoms with Gasteiger partial charge in [-0.1, -0.05) is 35.4 Å². The number of aryl methyl sites for hydroxylation is 2. The molecule has 0 aliphatic carbocycles. The summed E-state index contributed by atoms with van der Waals surface area (Å²) in [5.74, 6) is 0.937. The lowest BCUT2D eigenvalue weighted by molar-refractivity contribution is 0.0696. The van der Waals surface area contributed by atoms with E-state index in [0.29, 0.717) is 5.11 Å². The molecule has 0 amide bonds. The third kappa shape index (κ3) is 3.88. The molecular weight excluding hydrogens is 316 g/mol. The number of rotatable bonds is 2. The Bertz CT molecular complexity index is 753. The first-order valence-corrected chi connectivity index (χ1v) is 8.67. The van der Waals surface area contributed by atoms with Crippen LogP contribution in [0.4, 0.5) is 5.69 Å². The van der Waals surface area contributed by atoms with Gasteiger partial charge in [-0.2, -0.15) is 0 Å². The molecule has 0 aromatic heterocycles. The zero-order chi connectivity index (χ0) is 17.3. The molecule has 2 aromatic rings. The van der Waals surface area contributed by atoms with Crippen molar-refractivity contribution in [2.45, 2.75) is 45.8 Å². The Morgan fingerprint density at radius 3 is 2.46 bits per heavy atom. The van der Waals surface area contributed by atoms with E-state index in [1.165, 1.54) is 16.7 Å². The Hall–Kier alpha value is -2.07. The zero-order valence-corrected chi connectivity index (χ0v) is 15.5. The molecule has 0 spiro atoms. The molecule has 1 heterocycles. The number of fused-ring (bicyclic) bond motifs is 1. The van der Waals surface area contributed by atoms with Gasteiger partial charge in [-0.3, -0.25) is 0 Å². The fraction of sp³-hybridized carbons (Fsp3) is 0.350. The van der Waals surface area contributed by atoms with Crippen molar-refractivity contribution in [1.29, 1.82) is 0 Å². The summed E-state index contributed by atoms with van der Waals surface area (Å²) in [7, 11) is 0. The number of benzene rings is 2. The SMILES string of the molecule is Cc1ccc(NC(=S)N[C@@H]2CC(C)(C)Oc3ccc(C)cc32)cc1. The third-order valence-corrected chi connectivity index (χ3v) is 4.46. The monoisotopic (exact) mass is 340 g/mol. The lowest BCUT2D eigenvalue weighted by atomic mass is 9.89. The van der Waals surface area contributed by atoms with Crippen LogP contribution in [0.25, 0.3) is 0 Å². The minimum absolute atomic E-state index is 0.133. The molecular formula is C20H24N2OS. The van der Waals surface area contributed by atoms with Crippen molar-refractivity contribution in [3.63, 3.8) is 0 Å². The predicted octanol–water partition coefficient (Wildman–Crippen LogP) is 4.89. The summed E-state index contributed by atoms with van der Waals surface area (Å²) in [6.45, 7) is 8.39. The topological polar surface area (TPSA) is 33.3 Å². The van der Waals surface area contributed by atoms with Crippen LogP contribution in [-0.4, -0.2) is 10.7 Å². The first-order valence-electron chi connectivity index (χ1n) is 8.26. The molecule has 0 fully saturated rings. The highest BCUT2D eigenvalue weighted by molar-refractivity contribution is 7.80. The van der Waals surface area contributed by atoms with E-state index in [1.807, 2.05) is 12.1 Å². The van der Waals surface area contributed by atoms with Crippen molar-refractivity contribution in [2.24, 2.45) is 0 Å². The second-order valence-corrected chi connectivity index (χ2v) is 7.53. The average Bonchev–Trinajstić information content (AvgIpc) is 2.49. The van der Waals surface area contributed by atoms with Gasteiger partial charge in [0, 0.05) is 17.7 Å². The minimum Gasteiger partial charge on any atom is -0.487 e. The van der Waals surface area contributed by atoms with Crippen LogP contribution in [0.1, 0.15) is 43.0 Å². The zero-order valence-electron chi connectivity index (χ0n) is 14.6. The van der Waals surface area contributed by atoms with Gasteiger partial charge in [-0.15, -0.1) is 0 Å². The van der Waals surface area contributed by atoms with Gasteiger partial charge in [0.15, 0.2) is 5.11 Å². The van der Waals surface area contributed by atoms with Crippen LogP contribution in [0.2, 0.25) is 0 Å². The van der Waals surface area contributed by atoms with E-state index in [4.69, 9.17) is 17.0 Å². The number of anilines is 1. The molecule has 1 aliphatic rings. The predicted molar refractivity (Wildman–Crippen MR) is 104 cm³/mol. The fourth-order valence-electron chi connectivity index (χ4n) is 3.07. The second kappa shape index (κ2) is 6.44. The van der Waals surface area contributed by atoms with Crippen molar-refractivity contribution in [2.75, 3.05) is 5.32 Å². The van der Waals surface area contributed by atoms with E-state index in [2.05, 4.69) is 68.7 Å². The Balaban J connectivity index is 1.77. The van der Waals surface area contributed by atoms with Gasteiger partial charge in [-0.25, -0.2) is 0 Å². The highest BCUT2D eigenvalue weighted by Crippen LogP contribution is 2.39. The highest BCUT2D eigenvalue weighted by Gasteiger charge is 2.34. The first kappa shape index (κ1) is 16.8. The number of ether oxygens (including phenoxy) is 1. The molecule has 24 heavy (non-hydrogen) atoms. The summed E-state index contributed by atoms with van der Waals surface area (Å²) in [4.78, 5) is 0. The van der Waals surface area contributed by atoms with Gasteiger partial charge in [0.1, 0.15) is 11.4 Å². The normalized spacial score (nSPS) is 18.2. The average molecular weight is 340 g/mol. The number of hydrogen-bond donors (Lipinski definition) is 2. The van der Waals surface area contributed by atoms with Gasteiger partial charge < -0.3 is 15.4 Å². The van der Waals surface area contributed by atoms with Crippen LogP contribution in [0, 0.1) is 13.8 Å². The van der Waals surface area contributed by atoms with Crippen molar-refractivity contribution >= 4 is 23.0 Å². The van der Waals surface area contributed by atoms with E-state index in [0.717, 1.165) is 17.9 Å². The molecule has 3 rings (SSSR count). The van der Waals surface area contributed by atoms with Crippen LogP contribution in [0.15, 0.2) is 42.5 Å². The van der Waals surface area contributed by atoms with E-state index in [1.54, 1.807) is 0 Å². The van der Waals surface area contributed by atoms with E-state index >= 15 is 0 Å². The standard InChI is InChI=1S/C20H24N2OS/c1-13-5-8-15(9-6-13)21-19(24)22-17-12-20(3,4)23-18-10-7-14(2)11-16(17)18/h5-11,17H,12H2,1-4H3,(H2,21,22,24)/t17-/m1/s1. The highest BCUT2D eigenvalue weighted by atomic mass is 32.1. The molecule has 0 saturated carbocycles. The lowest BCUT2D eigenvalue weighted by Crippen LogP contribution is -2.42. The summed E-state index contributed by atoms with van der Waals surface area (Å²) in [6, 6.07) is 14.7. The maximum absolute atomic E-state index is 6.11. The van der Waals surface area contributed by atoms with Crippen molar-refractivity contribution in [3.05, 3.63) is 59.2 Å². The fourth-order valence-corrected chi connectivity index (χ4v) is 3.33. The van der Waals surface area contributed by atoms with Crippen LogP contribution in [0.5, 0.6) is 5.75 Å². The molecule has 4 heteroatoms.